The molecule has 4 nitrogen and oxygen atoms in total. The van der Waals surface area contributed by atoms with E-state index < -0.39 is 17.9 Å². The lowest BCUT2D eigenvalue weighted by Gasteiger charge is -2.13. The molecule has 1 N–H and O–H groups in total. The quantitative estimate of drug-likeness (QED) is 0.0605. The normalized spacial score (nSPS) is 12.1. The number of hydrogen-bond donors (Lipinski definition) is 1. The average Bonchev–Trinajstić information content (AvgIpc) is 2.88. The van der Waals surface area contributed by atoms with Gasteiger partial charge in [0.2, 0.25) is 0 Å². The molecular weight excluding hydrogens is 460 g/mol. The van der Waals surface area contributed by atoms with Crippen molar-refractivity contribution in [2.24, 2.45) is 5.92 Å². The van der Waals surface area contributed by atoms with Gasteiger partial charge >= 0.3 is 11.9 Å². The fourth-order valence-electron chi connectivity index (χ4n) is 4.83. The van der Waals surface area contributed by atoms with Crippen molar-refractivity contribution in [1.29, 1.82) is 0 Å². The highest BCUT2D eigenvalue weighted by Gasteiger charge is 2.22. The van der Waals surface area contributed by atoms with Gasteiger partial charge in [0.05, 0.1) is 12.3 Å². The molecule has 0 saturated heterocycles. The molecule has 0 saturated carbocycles. The van der Waals surface area contributed by atoms with Crippen molar-refractivity contribution < 1.29 is 19.4 Å². The molecule has 37 heavy (non-hydrogen) atoms. The van der Waals surface area contributed by atoms with E-state index >= 15 is 0 Å². The molecule has 216 valence electrons. The van der Waals surface area contributed by atoms with E-state index in [1.807, 2.05) is 0 Å². The van der Waals surface area contributed by atoms with Crippen LogP contribution in [-0.2, 0) is 14.3 Å². The largest absolute Gasteiger partial charge is 0.481 e. The predicted molar refractivity (Wildman–Crippen MR) is 158 cm³/mol. The fourth-order valence-corrected chi connectivity index (χ4v) is 4.83. The molecule has 0 aliphatic heterocycles. The number of rotatable bonds is 29. The van der Waals surface area contributed by atoms with Crippen molar-refractivity contribution in [3.05, 3.63) is 24.8 Å². The second-order valence-corrected chi connectivity index (χ2v) is 10.8. The number of carboxylic acids is 1. The molecule has 0 rings (SSSR count). The highest BCUT2D eigenvalue weighted by atomic mass is 16.5. The number of ether oxygens (including phenoxy) is 1. The van der Waals surface area contributed by atoms with E-state index in [9.17, 15) is 9.59 Å². The first-order chi connectivity index (χ1) is 18.1. The van der Waals surface area contributed by atoms with Crippen LogP contribution in [0.15, 0.2) is 24.8 Å². The van der Waals surface area contributed by atoms with Crippen molar-refractivity contribution in [1.82, 2.24) is 0 Å². The maximum Gasteiger partial charge on any atom is 0.309 e. The number of carbonyl (C=O) groups excluding carboxylic acids is 1. The van der Waals surface area contributed by atoms with Crippen molar-refractivity contribution in [2.75, 3.05) is 6.61 Å². The third-order valence-corrected chi connectivity index (χ3v) is 7.16. The van der Waals surface area contributed by atoms with Crippen LogP contribution in [0.5, 0.6) is 0 Å². The summed E-state index contributed by atoms with van der Waals surface area (Å²) >= 11 is 0. The second-order valence-electron chi connectivity index (χ2n) is 10.8. The fraction of sp³-hybridized carbons (Fsp3) is 0.818. The number of aliphatic carboxylic acids is 1. The van der Waals surface area contributed by atoms with Gasteiger partial charge in [-0.05, 0) is 32.1 Å². The van der Waals surface area contributed by atoms with Gasteiger partial charge in [0.15, 0.2) is 0 Å². The summed E-state index contributed by atoms with van der Waals surface area (Å²) in [7, 11) is 0. The van der Waals surface area contributed by atoms with Crippen molar-refractivity contribution >= 4 is 11.9 Å². The number of hydrogen-bond acceptors (Lipinski definition) is 3. The zero-order valence-electron chi connectivity index (χ0n) is 24.4. The van der Waals surface area contributed by atoms with Crippen LogP contribution < -0.4 is 0 Å². The van der Waals surface area contributed by atoms with E-state index in [4.69, 9.17) is 9.84 Å². The molecule has 0 fully saturated rings. The lowest BCUT2D eigenvalue weighted by atomic mass is 9.97. The smallest absolute Gasteiger partial charge is 0.309 e. The van der Waals surface area contributed by atoms with E-state index in [1.54, 1.807) is 0 Å². The van der Waals surface area contributed by atoms with E-state index in [-0.39, 0.29) is 13.0 Å². The zero-order chi connectivity index (χ0) is 27.2. The Morgan fingerprint density at radius 1 is 0.676 bits per heavy atom. The molecule has 1 atom stereocenters. The Labute approximate surface area is 229 Å². The van der Waals surface area contributed by atoms with Gasteiger partial charge in [-0.2, -0.15) is 0 Å². The van der Waals surface area contributed by atoms with Crippen LogP contribution >= 0.6 is 0 Å². The Balaban J connectivity index is 3.41. The van der Waals surface area contributed by atoms with Crippen molar-refractivity contribution in [3.63, 3.8) is 0 Å². The Bertz CT molecular complexity index is 555. The summed E-state index contributed by atoms with van der Waals surface area (Å²) in [6.07, 6.45) is 35.7. The van der Waals surface area contributed by atoms with Crippen molar-refractivity contribution in [3.8, 4) is 0 Å². The minimum absolute atomic E-state index is 0.138. The molecular formula is C33H60O4. The number of esters is 1. The first-order valence-electron chi connectivity index (χ1n) is 15.8. The summed E-state index contributed by atoms with van der Waals surface area (Å²) in [6.45, 7) is 5.94. The molecule has 0 heterocycles. The number of allylic oxidation sites excluding steroid dienone is 2. The van der Waals surface area contributed by atoms with Gasteiger partial charge in [-0.15, -0.1) is 0 Å². The SMILES string of the molecule is C=CCOC(=O)C(CCCCC/C=C/CCCCCCCCCCCCCCCCCCC)CC(=O)O. The van der Waals surface area contributed by atoms with Crippen LogP contribution in [0.1, 0.15) is 161 Å². The predicted octanol–water partition coefficient (Wildman–Crippen LogP) is 10.4. The van der Waals surface area contributed by atoms with Crippen LogP contribution in [0.2, 0.25) is 0 Å². The molecule has 0 radical (unpaired) electrons. The lowest BCUT2D eigenvalue weighted by molar-refractivity contribution is -0.152. The maximum absolute atomic E-state index is 12.0. The Kier molecular flexibility index (Phi) is 27.7. The van der Waals surface area contributed by atoms with E-state index in [1.165, 1.54) is 122 Å². The van der Waals surface area contributed by atoms with Crippen LogP contribution in [0.4, 0.5) is 0 Å². The van der Waals surface area contributed by atoms with Crippen LogP contribution in [0.25, 0.3) is 0 Å². The summed E-state index contributed by atoms with van der Waals surface area (Å²) in [5, 5.41) is 9.01. The third-order valence-electron chi connectivity index (χ3n) is 7.16. The van der Waals surface area contributed by atoms with Crippen LogP contribution in [0, 0.1) is 5.92 Å². The molecule has 0 aliphatic rings. The molecule has 0 aromatic carbocycles. The highest BCUT2D eigenvalue weighted by molar-refractivity contribution is 5.79. The van der Waals surface area contributed by atoms with Crippen LogP contribution in [-0.4, -0.2) is 23.7 Å². The minimum atomic E-state index is -0.951. The first kappa shape index (κ1) is 35.4. The average molecular weight is 521 g/mol. The van der Waals surface area contributed by atoms with Gasteiger partial charge in [-0.1, -0.05) is 147 Å². The zero-order valence-corrected chi connectivity index (χ0v) is 24.4. The van der Waals surface area contributed by atoms with E-state index in [0.29, 0.717) is 6.42 Å². The lowest BCUT2D eigenvalue weighted by Crippen LogP contribution is -2.21. The van der Waals surface area contributed by atoms with Gasteiger partial charge in [0.1, 0.15) is 6.61 Å². The van der Waals surface area contributed by atoms with Crippen molar-refractivity contribution in [2.45, 2.75) is 161 Å². The number of carboxylic acid groups (broad SMARTS) is 1. The maximum atomic E-state index is 12.0. The molecule has 4 heteroatoms. The molecule has 0 aromatic rings. The number of carbonyl (C=O) groups is 2. The van der Waals surface area contributed by atoms with E-state index in [2.05, 4.69) is 25.7 Å². The van der Waals surface area contributed by atoms with Crippen LogP contribution in [0.3, 0.4) is 0 Å². The van der Waals surface area contributed by atoms with Gasteiger partial charge in [-0.3, -0.25) is 9.59 Å². The van der Waals surface area contributed by atoms with E-state index in [0.717, 1.165) is 25.7 Å². The topological polar surface area (TPSA) is 63.6 Å². The Hall–Kier alpha value is -1.58. The molecule has 0 spiro atoms. The molecule has 0 amide bonds. The Morgan fingerprint density at radius 3 is 1.49 bits per heavy atom. The summed E-state index contributed by atoms with van der Waals surface area (Å²) < 4.78 is 5.03. The summed E-state index contributed by atoms with van der Waals surface area (Å²) in [4.78, 5) is 22.9. The Morgan fingerprint density at radius 2 is 1.08 bits per heavy atom. The summed E-state index contributed by atoms with van der Waals surface area (Å²) in [5.41, 5.74) is 0. The van der Waals surface area contributed by atoms with Gasteiger partial charge in [0.25, 0.3) is 0 Å². The molecule has 1 unspecified atom stereocenters. The summed E-state index contributed by atoms with van der Waals surface area (Å²) in [5.74, 6) is -1.92. The van der Waals surface area contributed by atoms with Gasteiger partial charge in [0, 0.05) is 0 Å². The molecule has 0 aliphatic carbocycles. The highest BCUT2D eigenvalue weighted by Crippen LogP contribution is 2.17. The van der Waals surface area contributed by atoms with Gasteiger partial charge < -0.3 is 9.84 Å². The monoisotopic (exact) mass is 520 g/mol. The standard InChI is InChI=1S/C33H60O4/c1-3-5-6-7-8-9-10-11-12-13-14-15-16-17-18-19-20-21-22-23-24-25-26-27-28-31(30-32(34)35)33(36)37-29-4-2/h4,22-23,31H,2-3,5-21,24-30H2,1H3,(H,34,35)/b23-22+. The summed E-state index contributed by atoms with van der Waals surface area (Å²) in [6, 6.07) is 0. The number of unbranched alkanes of at least 4 members (excludes halogenated alkanes) is 20. The first-order valence-corrected chi connectivity index (χ1v) is 15.8. The minimum Gasteiger partial charge on any atom is -0.481 e. The van der Waals surface area contributed by atoms with Gasteiger partial charge in [-0.25, -0.2) is 0 Å². The third kappa shape index (κ3) is 27.3. The molecule has 0 bridgehead atoms. The molecule has 0 aromatic heterocycles. The second kappa shape index (κ2) is 29.0.